The van der Waals surface area contributed by atoms with Gasteiger partial charge in [0.2, 0.25) is 5.91 Å². The number of benzene rings is 2. The maximum absolute atomic E-state index is 12.2. The Morgan fingerprint density at radius 2 is 1.85 bits per heavy atom. The average molecular weight is 383 g/mol. The highest BCUT2D eigenvalue weighted by Gasteiger charge is 2.14. The van der Waals surface area contributed by atoms with Gasteiger partial charge in [-0.1, -0.05) is 42.1 Å². The minimum atomic E-state index is -0.483. The molecule has 138 valence electrons. The topological polar surface area (TPSA) is 103 Å². The molecule has 0 saturated heterocycles. The van der Waals surface area contributed by atoms with Crippen molar-refractivity contribution in [1.29, 1.82) is 0 Å². The van der Waals surface area contributed by atoms with Crippen molar-refractivity contribution in [2.24, 2.45) is 0 Å². The van der Waals surface area contributed by atoms with Gasteiger partial charge in [0.05, 0.1) is 10.7 Å². The highest BCUT2D eigenvalue weighted by atomic mass is 32.2. The summed E-state index contributed by atoms with van der Waals surface area (Å²) in [6, 6.07) is 15.5. The highest BCUT2D eigenvalue weighted by molar-refractivity contribution is 7.99. The van der Waals surface area contributed by atoms with Crippen LogP contribution in [0.2, 0.25) is 0 Å². The van der Waals surface area contributed by atoms with Crippen molar-refractivity contribution in [3.05, 3.63) is 64.7 Å². The minimum Gasteiger partial charge on any atom is -0.325 e. The lowest BCUT2D eigenvalue weighted by Crippen LogP contribution is -2.14. The Morgan fingerprint density at radius 1 is 1.15 bits per heavy atom. The van der Waals surface area contributed by atoms with E-state index < -0.39 is 4.92 Å². The van der Waals surface area contributed by atoms with Gasteiger partial charge < -0.3 is 9.88 Å². The number of non-ortho nitro benzene ring substituents is 1. The van der Waals surface area contributed by atoms with Crippen LogP contribution in [0.5, 0.6) is 0 Å². The van der Waals surface area contributed by atoms with Crippen LogP contribution in [0.1, 0.15) is 6.92 Å². The summed E-state index contributed by atoms with van der Waals surface area (Å²) >= 11 is 1.29. The molecule has 27 heavy (non-hydrogen) atoms. The Bertz CT molecular complexity index is 941. The molecule has 0 spiro atoms. The predicted octanol–water partition coefficient (Wildman–Crippen LogP) is 3.60. The maximum Gasteiger partial charge on any atom is 0.269 e. The second kappa shape index (κ2) is 8.45. The fourth-order valence-corrected chi connectivity index (χ4v) is 3.28. The minimum absolute atomic E-state index is 0.0214. The zero-order valence-electron chi connectivity index (χ0n) is 14.5. The van der Waals surface area contributed by atoms with Gasteiger partial charge in [0.15, 0.2) is 11.0 Å². The van der Waals surface area contributed by atoms with Crippen LogP contribution in [0, 0.1) is 10.1 Å². The molecule has 1 heterocycles. The van der Waals surface area contributed by atoms with Gasteiger partial charge in [-0.15, -0.1) is 10.2 Å². The Morgan fingerprint density at radius 3 is 2.48 bits per heavy atom. The van der Waals surface area contributed by atoms with Crippen molar-refractivity contribution in [3.63, 3.8) is 0 Å². The van der Waals surface area contributed by atoms with Gasteiger partial charge >= 0.3 is 0 Å². The van der Waals surface area contributed by atoms with Crippen molar-refractivity contribution in [2.75, 3.05) is 11.1 Å². The molecule has 0 aliphatic rings. The van der Waals surface area contributed by atoms with E-state index in [1.54, 1.807) is 0 Å². The van der Waals surface area contributed by atoms with Gasteiger partial charge in [0.25, 0.3) is 5.69 Å². The van der Waals surface area contributed by atoms with Gasteiger partial charge in [-0.2, -0.15) is 0 Å². The van der Waals surface area contributed by atoms with E-state index in [4.69, 9.17) is 0 Å². The number of aromatic nitrogens is 3. The first kappa shape index (κ1) is 18.6. The number of hydrogen-bond acceptors (Lipinski definition) is 6. The van der Waals surface area contributed by atoms with Crippen LogP contribution in [-0.4, -0.2) is 31.3 Å². The Kier molecular flexibility index (Phi) is 5.82. The summed E-state index contributed by atoms with van der Waals surface area (Å²) in [6.45, 7) is 2.68. The van der Waals surface area contributed by atoms with Crippen molar-refractivity contribution in [3.8, 4) is 11.4 Å². The SMILES string of the molecule is CCn1c(SCC(=O)Nc2ccc([N+](=O)[O-])cc2)nnc1-c1ccccc1. The molecule has 0 aliphatic carbocycles. The zero-order chi connectivity index (χ0) is 19.2. The second-order valence-corrected chi connectivity index (χ2v) is 6.50. The van der Waals surface area contributed by atoms with E-state index in [0.717, 1.165) is 11.4 Å². The number of amides is 1. The van der Waals surface area contributed by atoms with E-state index in [1.807, 2.05) is 41.8 Å². The summed E-state index contributed by atoms with van der Waals surface area (Å²) in [6.07, 6.45) is 0. The molecule has 9 heteroatoms. The number of rotatable bonds is 7. The largest absolute Gasteiger partial charge is 0.325 e. The van der Waals surface area contributed by atoms with Gasteiger partial charge in [-0.3, -0.25) is 14.9 Å². The number of nitrogens with zero attached hydrogens (tertiary/aromatic N) is 4. The summed E-state index contributed by atoms with van der Waals surface area (Å²) in [5.41, 5.74) is 1.45. The van der Waals surface area contributed by atoms with Gasteiger partial charge in [0, 0.05) is 29.9 Å². The molecule has 0 atom stereocenters. The van der Waals surface area contributed by atoms with E-state index in [1.165, 1.54) is 36.0 Å². The van der Waals surface area contributed by atoms with Crippen LogP contribution in [-0.2, 0) is 11.3 Å². The van der Waals surface area contributed by atoms with Crippen LogP contribution in [0.25, 0.3) is 11.4 Å². The molecule has 0 unspecified atom stereocenters. The molecule has 2 aromatic carbocycles. The molecule has 0 bridgehead atoms. The van der Waals surface area contributed by atoms with Crippen LogP contribution in [0.4, 0.5) is 11.4 Å². The van der Waals surface area contributed by atoms with Crippen molar-refractivity contribution >= 4 is 29.0 Å². The third-order valence-corrected chi connectivity index (χ3v) is 4.73. The molecule has 3 aromatic rings. The smallest absolute Gasteiger partial charge is 0.269 e. The fourth-order valence-electron chi connectivity index (χ4n) is 2.47. The fraction of sp³-hybridized carbons (Fsp3) is 0.167. The van der Waals surface area contributed by atoms with E-state index in [0.29, 0.717) is 17.4 Å². The predicted molar refractivity (Wildman–Crippen MR) is 104 cm³/mol. The third-order valence-electron chi connectivity index (χ3n) is 3.76. The molecule has 1 aromatic heterocycles. The first-order valence-corrected chi connectivity index (χ1v) is 9.22. The average Bonchev–Trinajstić information content (AvgIpc) is 3.10. The van der Waals surface area contributed by atoms with Gasteiger partial charge in [-0.05, 0) is 19.1 Å². The van der Waals surface area contributed by atoms with Crippen LogP contribution in [0.15, 0.2) is 59.8 Å². The van der Waals surface area contributed by atoms with Crippen molar-refractivity contribution in [1.82, 2.24) is 14.8 Å². The first-order chi connectivity index (χ1) is 13.1. The normalized spacial score (nSPS) is 10.6. The molecular formula is C18H17N5O3S. The lowest BCUT2D eigenvalue weighted by atomic mass is 10.2. The number of hydrogen-bond donors (Lipinski definition) is 1. The number of nitrogens with one attached hydrogen (secondary N) is 1. The molecule has 0 fully saturated rings. The number of thioether (sulfide) groups is 1. The number of nitro groups is 1. The third kappa shape index (κ3) is 4.50. The van der Waals surface area contributed by atoms with E-state index in [-0.39, 0.29) is 17.3 Å². The molecular weight excluding hydrogens is 366 g/mol. The van der Waals surface area contributed by atoms with Crippen molar-refractivity contribution < 1.29 is 9.72 Å². The molecule has 3 rings (SSSR count). The quantitative estimate of drug-likeness (QED) is 0.380. The first-order valence-electron chi connectivity index (χ1n) is 8.24. The Hall–Kier alpha value is -3.20. The second-order valence-electron chi connectivity index (χ2n) is 5.56. The number of carbonyl (C=O) groups excluding carboxylic acids is 1. The molecule has 1 N–H and O–H groups in total. The van der Waals surface area contributed by atoms with Crippen LogP contribution in [0.3, 0.4) is 0 Å². The lowest BCUT2D eigenvalue weighted by molar-refractivity contribution is -0.384. The standard InChI is InChI=1S/C18H17N5O3S/c1-2-22-17(13-6-4-3-5-7-13)20-21-18(22)27-12-16(24)19-14-8-10-15(11-9-14)23(25)26/h3-11H,2,12H2,1H3,(H,19,24). The maximum atomic E-state index is 12.2. The summed E-state index contributed by atoms with van der Waals surface area (Å²) in [7, 11) is 0. The summed E-state index contributed by atoms with van der Waals surface area (Å²) in [4.78, 5) is 22.3. The monoisotopic (exact) mass is 383 g/mol. The number of carbonyl (C=O) groups is 1. The zero-order valence-corrected chi connectivity index (χ0v) is 15.3. The van der Waals surface area contributed by atoms with Gasteiger partial charge in [-0.25, -0.2) is 0 Å². The number of nitro benzene ring substituents is 1. The summed E-state index contributed by atoms with van der Waals surface area (Å²) in [5.74, 6) is 0.696. The van der Waals surface area contributed by atoms with Gasteiger partial charge in [0.1, 0.15) is 0 Å². The Labute approximate surface area is 159 Å². The van der Waals surface area contributed by atoms with E-state index in [2.05, 4.69) is 15.5 Å². The number of anilines is 1. The lowest BCUT2D eigenvalue weighted by Gasteiger charge is -2.08. The molecule has 0 aliphatic heterocycles. The molecule has 0 saturated carbocycles. The Balaban J connectivity index is 1.63. The van der Waals surface area contributed by atoms with E-state index >= 15 is 0 Å². The molecule has 1 amide bonds. The molecule has 8 nitrogen and oxygen atoms in total. The highest BCUT2D eigenvalue weighted by Crippen LogP contribution is 2.24. The van der Waals surface area contributed by atoms with Crippen LogP contribution >= 0.6 is 11.8 Å². The summed E-state index contributed by atoms with van der Waals surface area (Å²) in [5, 5.41) is 22.5. The van der Waals surface area contributed by atoms with Crippen LogP contribution < -0.4 is 5.32 Å². The van der Waals surface area contributed by atoms with Crippen molar-refractivity contribution in [2.45, 2.75) is 18.6 Å². The summed E-state index contributed by atoms with van der Waals surface area (Å²) < 4.78 is 1.96. The molecule has 0 radical (unpaired) electrons. The van der Waals surface area contributed by atoms with E-state index in [9.17, 15) is 14.9 Å².